The summed E-state index contributed by atoms with van der Waals surface area (Å²) in [7, 11) is 0. The van der Waals surface area contributed by atoms with Gasteiger partial charge in [-0.15, -0.1) is 22.9 Å². The van der Waals surface area contributed by atoms with E-state index in [1.165, 1.54) is 6.26 Å². The van der Waals surface area contributed by atoms with Gasteiger partial charge in [-0.3, -0.25) is 0 Å². The molecule has 1 nitrogen and oxygen atoms in total. The van der Waals surface area contributed by atoms with Gasteiger partial charge in [0.15, 0.2) is 4.67 Å². The number of hydrogen-bond acceptors (Lipinski definition) is 2. The largest absolute Gasteiger partial charge is 0.457 e. The Morgan fingerprint density at radius 2 is 2.00 bits per heavy atom. The summed E-state index contributed by atoms with van der Waals surface area (Å²) < 4.78 is 43.4. The Morgan fingerprint density at radius 3 is 2.44 bits per heavy atom. The smallest absolute Gasteiger partial charge is 0.418 e. The van der Waals surface area contributed by atoms with Gasteiger partial charge >= 0.3 is 6.18 Å². The Labute approximate surface area is 126 Å². The summed E-state index contributed by atoms with van der Waals surface area (Å²) in [6.07, 6.45) is -2.97. The zero-order valence-electron chi connectivity index (χ0n) is 8.39. The van der Waals surface area contributed by atoms with Crippen LogP contribution >= 0.6 is 54.8 Å². The van der Waals surface area contributed by atoms with Crippen LogP contribution in [0.25, 0.3) is 0 Å². The number of hydrogen-bond donors (Lipinski definition) is 0. The normalized spacial score (nSPS) is 13.9. The van der Waals surface area contributed by atoms with Crippen molar-refractivity contribution in [1.82, 2.24) is 0 Å². The Bertz CT molecular complexity index is 564. The fourth-order valence-corrected chi connectivity index (χ4v) is 4.47. The molecule has 0 N–H and O–H groups in total. The molecule has 8 heteroatoms. The van der Waals surface area contributed by atoms with Gasteiger partial charge in [-0.2, -0.15) is 13.2 Å². The van der Waals surface area contributed by atoms with E-state index in [1.54, 1.807) is 6.07 Å². The Morgan fingerprint density at radius 1 is 1.33 bits per heavy atom. The molecular formula is C10H4Br2ClF3OS. The van der Waals surface area contributed by atoms with Crippen LogP contribution in [-0.4, -0.2) is 0 Å². The topological polar surface area (TPSA) is 13.1 Å². The van der Waals surface area contributed by atoms with Crippen molar-refractivity contribution in [2.75, 3.05) is 0 Å². The number of alkyl halides is 4. The molecule has 0 aliphatic rings. The molecule has 0 fully saturated rings. The predicted molar refractivity (Wildman–Crippen MR) is 71.1 cm³/mol. The molecule has 2 aromatic rings. The lowest BCUT2D eigenvalue weighted by molar-refractivity contribution is -0.137. The van der Waals surface area contributed by atoms with E-state index in [1.807, 2.05) is 0 Å². The fraction of sp³-hybridized carbons (Fsp3) is 0.200. The van der Waals surface area contributed by atoms with E-state index >= 15 is 0 Å². The molecule has 98 valence electrons. The number of thiophene rings is 1. The Kier molecular flexibility index (Phi) is 4.16. The number of furan rings is 1. The van der Waals surface area contributed by atoms with Crippen molar-refractivity contribution < 1.29 is 17.6 Å². The van der Waals surface area contributed by atoms with Crippen LogP contribution in [0.3, 0.4) is 0 Å². The van der Waals surface area contributed by atoms with Crippen molar-refractivity contribution in [3.63, 3.8) is 0 Å². The monoisotopic (exact) mass is 422 g/mol. The van der Waals surface area contributed by atoms with E-state index in [0.29, 0.717) is 15.1 Å². The average molecular weight is 424 g/mol. The zero-order chi connectivity index (χ0) is 13.5. The third-order valence-electron chi connectivity index (χ3n) is 2.21. The third kappa shape index (κ3) is 2.64. The summed E-state index contributed by atoms with van der Waals surface area (Å²) in [5, 5.41) is 0.344. The first kappa shape index (κ1) is 14.4. The highest BCUT2D eigenvalue weighted by atomic mass is 79.9. The van der Waals surface area contributed by atoms with Crippen LogP contribution in [0.15, 0.2) is 31.3 Å². The van der Waals surface area contributed by atoms with E-state index < -0.39 is 17.1 Å². The Balaban J connectivity index is 2.42. The predicted octanol–water partition coefficient (Wildman–Crippen LogP) is 6.21. The van der Waals surface area contributed by atoms with Crippen LogP contribution in [0, 0.1) is 0 Å². The first-order valence-electron chi connectivity index (χ1n) is 4.53. The van der Waals surface area contributed by atoms with E-state index in [2.05, 4.69) is 31.9 Å². The molecule has 1 unspecified atom stereocenters. The van der Waals surface area contributed by atoms with Gasteiger partial charge in [0.1, 0.15) is 0 Å². The third-order valence-corrected chi connectivity index (χ3v) is 5.60. The van der Waals surface area contributed by atoms with Gasteiger partial charge in [-0.05, 0) is 37.9 Å². The van der Waals surface area contributed by atoms with Crippen LogP contribution in [0.1, 0.15) is 21.4 Å². The lowest BCUT2D eigenvalue weighted by Gasteiger charge is -2.08. The molecule has 2 rings (SSSR count). The SMILES string of the molecule is FC(F)(F)c1csc(C(Cl)c2ccoc2Br)c1Br. The summed E-state index contributed by atoms with van der Waals surface area (Å²) in [5.74, 6) is 0. The quantitative estimate of drug-likeness (QED) is 0.522. The van der Waals surface area contributed by atoms with Gasteiger partial charge < -0.3 is 4.42 Å². The molecule has 0 amide bonds. The maximum Gasteiger partial charge on any atom is 0.418 e. The highest BCUT2D eigenvalue weighted by Crippen LogP contribution is 2.46. The van der Waals surface area contributed by atoms with Gasteiger partial charge in [-0.1, -0.05) is 0 Å². The number of rotatable bonds is 2. The van der Waals surface area contributed by atoms with Gasteiger partial charge in [0, 0.05) is 20.3 Å². The first-order chi connectivity index (χ1) is 8.32. The summed E-state index contributed by atoms with van der Waals surface area (Å²) in [4.78, 5) is 0.395. The van der Waals surface area contributed by atoms with Crippen molar-refractivity contribution >= 4 is 54.8 Å². The first-order valence-corrected chi connectivity index (χ1v) is 7.43. The summed E-state index contributed by atoms with van der Waals surface area (Å²) >= 11 is 13.2. The van der Waals surface area contributed by atoms with Gasteiger partial charge in [0.2, 0.25) is 0 Å². The van der Waals surface area contributed by atoms with Gasteiger partial charge in [0.25, 0.3) is 0 Å². The summed E-state index contributed by atoms with van der Waals surface area (Å²) in [6.45, 7) is 0. The standard InChI is InChI=1S/C10H4Br2ClF3OS/c11-6-5(10(14,15)16)3-18-8(6)7(13)4-1-2-17-9(4)12/h1-3,7H. The Hall–Kier alpha value is 0.0200. The molecule has 1 atom stereocenters. The molecule has 2 heterocycles. The molecule has 0 aromatic carbocycles. The van der Waals surface area contributed by atoms with Gasteiger partial charge in [-0.25, -0.2) is 0 Å². The van der Waals surface area contributed by atoms with E-state index in [0.717, 1.165) is 16.7 Å². The molecular weight excluding hydrogens is 420 g/mol. The lowest BCUT2D eigenvalue weighted by Crippen LogP contribution is -2.04. The van der Waals surface area contributed by atoms with Crippen LogP contribution in [0.4, 0.5) is 13.2 Å². The molecule has 0 aliphatic carbocycles. The maximum absolute atomic E-state index is 12.7. The minimum Gasteiger partial charge on any atom is -0.457 e. The second kappa shape index (κ2) is 5.19. The number of halogens is 6. The lowest BCUT2D eigenvalue weighted by atomic mass is 10.2. The van der Waals surface area contributed by atoms with Crippen molar-refractivity contribution in [1.29, 1.82) is 0 Å². The van der Waals surface area contributed by atoms with Crippen molar-refractivity contribution in [2.24, 2.45) is 0 Å². The van der Waals surface area contributed by atoms with Crippen molar-refractivity contribution in [2.45, 2.75) is 11.6 Å². The van der Waals surface area contributed by atoms with Crippen LogP contribution < -0.4 is 0 Å². The molecule has 0 bridgehead atoms. The molecule has 0 spiro atoms. The highest BCUT2D eigenvalue weighted by molar-refractivity contribution is 9.10. The molecule has 2 aromatic heterocycles. The van der Waals surface area contributed by atoms with Crippen LogP contribution in [-0.2, 0) is 6.18 Å². The van der Waals surface area contributed by atoms with E-state index in [4.69, 9.17) is 16.0 Å². The highest BCUT2D eigenvalue weighted by Gasteiger charge is 2.36. The second-order valence-corrected chi connectivity index (χ2v) is 6.20. The maximum atomic E-state index is 12.7. The minimum atomic E-state index is -4.39. The van der Waals surface area contributed by atoms with Crippen LogP contribution in [0.2, 0.25) is 0 Å². The fourth-order valence-electron chi connectivity index (χ4n) is 1.35. The molecule has 0 radical (unpaired) electrons. The van der Waals surface area contributed by atoms with Crippen molar-refractivity contribution in [3.8, 4) is 0 Å². The second-order valence-electron chi connectivity index (χ2n) is 3.34. The van der Waals surface area contributed by atoms with Crippen molar-refractivity contribution in [3.05, 3.63) is 42.9 Å². The zero-order valence-corrected chi connectivity index (χ0v) is 13.1. The molecule has 0 saturated heterocycles. The van der Waals surface area contributed by atoms with E-state index in [9.17, 15) is 13.2 Å². The molecule has 18 heavy (non-hydrogen) atoms. The molecule has 0 saturated carbocycles. The van der Waals surface area contributed by atoms with Gasteiger partial charge in [0.05, 0.1) is 17.2 Å². The summed E-state index contributed by atoms with van der Waals surface area (Å²) in [5.41, 5.74) is -0.124. The van der Waals surface area contributed by atoms with E-state index in [-0.39, 0.29) is 4.47 Å². The minimum absolute atomic E-state index is 0.0203. The summed E-state index contributed by atoms with van der Waals surface area (Å²) in [6, 6.07) is 1.61. The molecule has 0 aliphatic heterocycles. The van der Waals surface area contributed by atoms with Crippen LogP contribution in [0.5, 0.6) is 0 Å². The average Bonchev–Trinajstić information content (AvgIpc) is 2.82.